The highest BCUT2D eigenvalue weighted by atomic mass is 16.5. The quantitative estimate of drug-likeness (QED) is 0.445. The molecule has 0 aliphatic heterocycles. The summed E-state index contributed by atoms with van der Waals surface area (Å²) in [5, 5.41) is 0. The molecule has 0 atom stereocenters. The van der Waals surface area contributed by atoms with E-state index in [1.165, 1.54) is 5.56 Å². The Morgan fingerprint density at radius 2 is 1.61 bits per heavy atom. The molecule has 1 aromatic heterocycles. The summed E-state index contributed by atoms with van der Waals surface area (Å²) in [5.41, 5.74) is 2.82. The van der Waals surface area contributed by atoms with Crippen molar-refractivity contribution in [2.24, 2.45) is 0 Å². The molecule has 0 N–H and O–H groups in total. The molecule has 0 unspecified atom stereocenters. The van der Waals surface area contributed by atoms with Gasteiger partial charge < -0.3 is 19.1 Å². The van der Waals surface area contributed by atoms with Crippen molar-refractivity contribution in [3.8, 4) is 0 Å². The second-order valence-corrected chi connectivity index (χ2v) is 8.31. The zero-order valence-corrected chi connectivity index (χ0v) is 19.7. The van der Waals surface area contributed by atoms with Gasteiger partial charge in [-0.1, -0.05) is 48.5 Å². The maximum atomic E-state index is 13.4. The molecule has 0 spiro atoms. The fourth-order valence-corrected chi connectivity index (χ4v) is 3.73. The topological polar surface area (TPSA) is 54.8 Å². The van der Waals surface area contributed by atoms with Crippen molar-refractivity contribution in [3.05, 3.63) is 95.8 Å². The third-order valence-corrected chi connectivity index (χ3v) is 5.59. The first kappa shape index (κ1) is 24.3. The van der Waals surface area contributed by atoms with E-state index in [0.717, 1.165) is 12.2 Å². The van der Waals surface area contributed by atoms with Gasteiger partial charge in [0.05, 0.1) is 13.2 Å². The highest BCUT2D eigenvalue weighted by Gasteiger charge is 2.24. The lowest BCUT2D eigenvalue weighted by atomic mass is 10.2. The lowest BCUT2D eigenvalue weighted by molar-refractivity contribution is -0.134. The highest BCUT2D eigenvalue weighted by molar-refractivity contribution is 5.96. The predicted molar refractivity (Wildman–Crippen MR) is 130 cm³/mol. The number of benzene rings is 2. The van der Waals surface area contributed by atoms with Crippen LogP contribution in [0.1, 0.15) is 35.5 Å². The van der Waals surface area contributed by atoms with Gasteiger partial charge in [-0.3, -0.25) is 9.59 Å². The number of hydrogen-bond donors (Lipinski definition) is 0. The van der Waals surface area contributed by atoms with E-state index >= 15 is 0 Å². The Bertz CT molecular complexity index is 1020. The molecule has 33 heavy (non-hydrogen) atoms. The summed E-state index contributed by atoms with van der Waals surface area (Å²) < 4.78 is 7.35. The van der Waals surface area contributed by atoms with Gasteiger partial charge in [-0.05, 0) is 43.7 Å². The number of nitrogens with zero attached hydrogens (tertiary/aromatic N) is 3. The van der Waals surface area contributed by atoms with E-state index in [9.17, 15) is 9.59 Å². The standard InChI is InChI=1S/C27H33N3O3/c1-22(2)30(20-25-15-10-16-28(25)19-23-11-6-4-7-12-23)26(31)21-29(17-18-33-3)27(32)24-13-8-5-9-14-24/h4-16,22H,17-21H2,1-3H3. The molecule has 0 aliphatic rings. The van der Waals surface area contributed by atoms with Crippen molar-refractivity contribution >= 4 is 11.8 Å². The number of carbonyl (C=O) groups is 2. The summed E-state index contributed by atoms with van der Waals surface area (Å²) in [6, 6.07) is 23.3. The molecular formula is C27H33N3O3. The highest BCUT2D eigenvalue weighted by Crippen LogP contribution is 2.14. The molecule has 0 aliphatic carbocycles. The van der Waals surface area contributed by atoms with Gasteiger partial charge in [0.25, 0.3) is 5.91 Å². The number of ether oxygens (including phenoxy) is 1. The van der Waals surface area contributed by atoms with Gasteiger partial charge in [-0.15, -0.1) is 0 Å². The smallest absolute Gasteiger partial charge is 0.254 e. The Morgan fingerprint density at radius 3 is 2.24 bits per heavy atom. The van der Waals surface area contributed by atoms with Crippen LogP contribution in [0.4, 0.5) is 0 Å². The second-order valence-electron chi connectivity index (χ2n) is 8.31. The lowest BCUT2D eigenvalue weighted by Gasteiger charge is -2.30. The van der Waals surface area contributed by atoms with Crippen LogP contribution >= 0.6 is 0 Å². The predicted octanol–water partition coefficient (Wildman–Crippen LogP) is 4.06. The molecule has 0 radical (unpaired) electrons. The molecule has 3 aromatic rings. The van der Waals surface area contributed by atoms with E-state index in [-0.39, 0.29) is 24.4 Å². The average Bonchev–Trinajstić information content (AvgIpc) is 3.27. The minimum absolute atomic E-state index is 0.00585. The van der Waals surface area contributed by atoms with Crippen LogP contribution in [0.5, 0.6) is 0 Å². The summed E-state index contributed by atoms with van der Waals surface area (Å²) in [4.78, 5) is 29.8. The minimum Gasteiger partial charge on any atom is -0.383 e. The number of methoxy groups -OCH3 is 1. The molecule has 2 amide bonds. The molecular weight excluding hydrogens is 414 g/mol. The Labute approximate surface area is 196 Å². The van der Waals surface area contributed by atoms with Crippen molar-refractivity contribution in [2.75, 3.05) is 26.8 Å². The van der Waals surface area contributed by atoms with Crippen LogP contribution < -0.4 is 0 Å². The summed E-state index contributed by atoms with van der Waals surface area (Å²) in [7, 11) is 1.59. The molecule has 3 rings (SSSR count). The van der Waals surface area contributed by atoms with Crippen LogP contribution in [0.25, 0.3) is 0 Å². The number of rotatable bonds is 11. The van der Waals surface area contributed by atoms with Crippen molar-refractivity contribution in [2.45, 2.75) is 33.0 Å². The van der Waals surface area contributed by atoms with Gasteiger partial charge >= 0.3 is 0 Å². The van der Waals surface area contributed by atoms with Crippen molar-refractivity contribution in [3.63, 3.8) is 0 Å². The van der Waals surface area contributed by atoms with Gasteiger partial charge in [0.1, 0.15) is 6.54 Å². The van der Waals surface area contributed by atoms with Crippen LogP contribution in [0.3, 0.4) is 0 Å². The Hall–Kier alpha value is -3.38. The molecule has 2 aromatic carbocycles. The molecule has 0 saturated heterocycles. The number of aromatic nitrogens is 1. The van der Waals surface area contributed by atoms with Gasteiger partial charge in [-0.25, -0.2) is 0 Å². The van der Waals surface area contributed by atoms with Crippen LogP contribution in [0, 0.1) is 0 Å². The minimum atomic E-state index is -0.169. The zero-order valence-electron chi connectivity index (χ0n) is 19.7. The Balaban J connectivity index is 1.74. The summed E-state index contributed by atoms with van der Waals surface area (Å²) in [5.74, 6) is -0.255. The largest absolute Gasteiger partial charge is 0.383 e. The van der Waals surface area contributed by atoms with E-state index in [2.05, 4.69) is 16.7 Å². The average molecular weight is 448 g/mol. The molecule has 6 heteroatoms. The van der Waals surface area contributed by atoms with E-state index in [0.29, 0.717) is 25.3 Å². The first-order valence-electron chi connectivity index (χ1n) is 11.3. The van der Waals surface area contributed by atoms with Gasteiger partial charge in [0, 0.05) is 43.7 Å². The Morgan fingerprint density at radius 1 is 0.939 bits per heavy atom. The summed E-state index contributed by atoms with van der Waals surface area (Å²) in [6.45, 7) is 5.96. The van der Waals surface area contributed by atoms with Gasteiger partial charge in [-0.2, -0.15) is 0 Å². The molecule has 6 nitrogen and oxygen atoms in total. The van der Waals surface area contributed by atoms with E-state index in [4.69, 9.17) is 4.74 Å². The monoisotopic (exact) mass is 447 g/mol. The zero-order chi connectivity index (χ0) is 23.6. The van der Waals surface area contributed by atoms with Crippen molar-refractivity contribution < 1.29 is 14.3 Å². The SMILES string of the molecule is COCCN(CC(=O)N(Cc1cccn1Cc1ccccc1)C(C)C)C(=O)c1ccccc1. The number of carbonyl (C=O) groups excluding carboxylic acids is 2. The molecule has 0 fully saturated rings. The van der Waals surface area contributed by atoms with Gasteiger partial charge in [0.15, 0.2) is 0 Å². The van der Waals surface area contributed by atoms with E-state index in [1.54, 1.807) is 24.1 Å². The maximum absolute atomic E-state index is 13.4. The van der Waals surface area contributed by atoms with Crippen LogP contribution in [0.15, 0.2) is 79.0 Å². The fraction of sp³-hybridized carbons (Fsp3) is 0.333. The summed E-state index contributed by atoms with van der Waals surface area (Å²) >= 11 is 0. The van der Waals surface area contributed by atoms with Crippen molar-refractivity contribution in [1.29, 1.82) is 0 Å². The molecule has 0 saturated carbocycles. The van der Waals surface area contributed by atoms with E-state index < -0.39 is 0 Å². The Kier molecular flexibility index (Phi) is 8.84. The molecule has 0 bridgehead atoms. The molecule has 174 valence electrons. The third-order valence-electron chi connectivity index (χ3n) is 5.59. The number of hydrogen-bond acceptors (Lipinski definition) is 3. The first-order valence-corrected chi connectivity index (χ1v) is 11.3. The van der Waals surface area contributed by atoms with Crippen molar-refractivity contribution in [1.82, 2.24) is 14.4 Å². The van der Waals surface area contributed by atoms with Crippen LogP contribution in [-0.2, 0) is 22.6 Å². The maximum Gasteiger partial charge on any atom is 0.254 e. The number of amides is 2. The fourth-order valence-electron chi connectivity index (χ4n) is 3.73. The van der Waals surface area contributed by atoms with Crippen LogP contribution in [-0.4, -0.2) is 59.0 Å². The van der Waals surface area contributed by atoms with Gasteiger partial charge in [0.2, 0.25) is 5.91 Å². The van der Waals surface area contributed by atoms with E-state index in [1.807, 2.05) is 73.5 Å². The normalized spacial score (nSPS) is 10.9. The third kappa shape index (κ3) is 6.80. The van der Waals surface area contributed by atoms with Crippen LogP contribution in [0.2, 0.25) is 0 Å². The second kappa shape index (κ2) is 12.0. The lowest BCUT2D eigenvalue weighted by Crippen LogP contribution is -2.46. The molecule has 1 heterocycles. The summed E-state index contributed by atoms with van der Waals surface area (Å²) in [6.07, 6.45) is 2.04. The first-order chi connectivity index (χ1) is 16.0.